The average molecular weight is 295 g/mol. The summed E-state index contributed by atoms with van der Waals surface area (Å²) in [6.45, 7) is 6.69. The first kappa shape index (κ1) is 14.7. The number of fused-ring (bicyclic) bond motifs is 1. The van der Waals surface area contributed by atoms with Gasteiger partial charge in [0.25, 0.3) is 0 Å². The summed E-state index contributed by atoms with van der Waals surface area (Å²) in [4.78, 5) is 22.9. The number of carbonyl (C=O) groups is 1. The number of hydrogen-bond donors (Lipinski definition) is 2. The largest absolute Gasteiger partial charge is 0.477 e. The zero-order valence-corrected chi connectivity index (χ0v) is 12.5. The van der Waals surface area contributed by atoms with Gasteiger partial charge in [-0.1, -0.05) is 0 Å². The highest BCUT2D eigenvalue weighted by molar-refractivity contribution is 7.20. The van der Waals surface area contributed by atoms with Crippen molar-refractivity contribution >= 4 is 33.3 Å². The fraction of sp³-hybridized carbons (Fsp3) is 0.462. The van der Waals surface area contributed by atoms with Gasteiger partial charge < -0.3 is 15.1 Å². The van der Waals surface area contributed by atoms with Crippen LogP contribution in [0.1, 0.15) is 28.0 Å². The van der Waals surface area contributed by atoms with Crippen molar-refractivity contribution in [2.24, 2.45) is 0 Å². The number of rotatable bonds is 5. The Morgan fingerprint density at radius 3 is 2.60 bits per heavy atom. The van der Waals surface area contributed by atoms with Gasteiger partial charge in [0.2, 0.25) is 0 Å². The van der Waals surface area contributed by atoms with E-state index < -0.39 is 5.97 Å². The van der Waals surface area contributed by atoms with Crippen LogP contribution in [0.3, 0.4) is 0 Å². The van der Waals surface area contributed by atoms with E-state index in [1.807, 2.05) is 11.8 Å². The number of anilines is 1. The molecule has 0 aliphatic rings. The van der Waals surface area contributed by atoms with Crippen molar-refractivity contribution in [3.63, 3.8) is 0 Å². The van der Waals surface area contributed by atoms with E-state index in [0.717, 1.165) is 5.39 Å². The lowest BCUT2D eigenvalue weighted by atomic mass is 10.2. The molecule has 20 heavy (non-hydrogen) atoms. The second-order valence-corrected chi connectivity index (χ2v) is 5.44. The van der Waals surface area contributed by atoms with Crippen molar-refractivity contribution in [1.82, 2.24) is 9.97 Å². The minimum absolute atomic E-state index is 0.0212. The zero-order valence-electron chi connectivity index (χ0n) is 11.7. The molecule has 0 aliphatic carbocycles. The summed E-state index contributed by atoms with van der Waals surface area (Å²) in [5.74, 6) is 0.353. The number of aliphatic hydroxyl groups is 1. The van der Waals surface area contributed by atoms with Crippen LogP contribution in [0.25, 0.3) is 10.2 Å². The van der Waals surface area contributed by atoms with E-state index in [1.165, 1.54) is 11.3 Å². The Morgan fingerprint density at radius 2 is 2.05 bits per heavy atom. The maximum absolute atomic E-state index is 11.3. The fourth-order valence-electron chi connectivity index (χ4n) is 2.19. The van der Waals surface area contributed by atoms with Crippen molar-refractivity contribution < 1.29 is 15.0 Å². The number of aromatic nitrogens is 2. The number of carboxylic acid groups (broad SMARTS) is 1. The average Bonchev–Trinajstić information content (AvgIpc) is 2.72. The third-order valence-electron chi connectivity index (χ3n) is 3.13. The number of aryl methyl sites for hydroxylation is 2. The van der Waals surface area contributed by atoms with Crippen molar-refractivity contribution in [2.75, 3.05) is 24.6 Å². The third kappa shape index (κ3) is 2.46. The maximum atomic E-state index is 11.3. The van der Waals surface area contributed by atoms with Crippen LogP contribution in [-0.4, -0.2) is 45.8 Å². The summed E-state index contributed by atoms with van der Waals surface area (Å²) in [6.07, 6.45) is 0. The van der Waals surface area contributed by atoms with Crippen LogP contribution >= 0.6 is 11.3 Å². The summed E-state index contributed by atoms with van der Waals surface area (Å²) in [5.41, 5.74) is 0.684. The van der Waals surface area contributed by atoms with E-state index in [1.54, 1.807) is 13.8 Å². The van der Waals surface area contributed by atoms with E-state index in [2.05, 4.69) is 9.97 Å². The van der Waals surface area contributed by atoms with E-state index in [4.69, 9.17) is 5.11 Å². The van der Waals surface area contributed by atoms with E-state index >= 15 is 0 Å². The van der Waals surface area contributed by atoms with E-state index in [9.17, 15) is 9.90 Å². The predicted octanol–water partition coefficient (Wildman–Crippen LogP) is 1.82. The van der Waals surface area contributed by atoms with Gasteiger partial charge in [-0.05, 0) is 26.3 Å². The molecule has 108 valence electrons. The van der Waals surface area contributed by atoms with Crippen LogP contribution in [0.5, 0.6) is 0 Å². The topological polar surface area (TPSA) is 86.5 Å². The summed E-state index contributed by atoms with van der Waals surface area (Å²) >= 11 is 1.17. The van der Waals surface area contributed by atoms with Crippen molar-refractivity contribution in [3.8, 4) is 0 Å². The molecule has 0 radical (unpaired) electrons. The number of carboxylic acids is 1. The second kappa shape index (κ2) is 5.72. The van der Waals surface area contributed by atoms with Crippen molar-refractivity contribution in [1.29, 1.82) is 0 Å². The van der Waals surface area contributed by atoms with Gasteiger partial charge in [-0.2, -0.15) is 0 Å². The van der Waals surface area contributed by atoms with Gasteiger partial charge in [0.1, 0.15) is 21.3 Å². The number of aromatic carboxylic acids is 1. The van der Waals surface area contributed by atoms with Crippen LogP contribution in [0, 0.1) is 13.8 Å². The molecule has 0 atom stereocenters. The summed E-state index contributed by atoms with van der Waals surface area (Å²) in [7, 11) is 0. The maximum Gasteiger partial charge on any atom is 0.346 e. The van der Waals surface area contributed by atoms with Crippen molar-refractivity contribution in [3.05, 3.63) is 16.3 Å². The first-order chi connectivity index (χ1) is 9.49. The molecule has 2 aromatic heterocycles. The minimum Gasteiger partial charge on any atom is -0.477 e. The second-order valence-electron chi connectivity index (χ2n) is 4.44. The number of hydrogen-bond acceptors (Lipinski definition) is 6. The molecule has 7 heteroatoms. The quantitative estimate of drug-likeness (QED) is 0.875. The molecule has 0 saturated heterocycles. The molecule has 0 unspecified atom stereocenters. The van der Waals surface area contributed by atoms with Crippen LogP contribution < -0.4 is 4.90 Å². The molecular formula is C13H17N3O3S. The zero-order chi connectivity index (χ0) is 14.9. The van der Waals surface area contributed by atoms with Crippen molar-refractivity contribution in [2.45, 2.75) is 20.8 Å². The Labute approximate surface area is 120 Å². The Balaban J connectivity index is 2.72. The number of nitrogens with zero attached hydrogens (tertiary/aromatic N) is 3. The highest BCUT2D eigenvalue weighted by Gasteiger charge is 2.21. The molecule has 2 heterocycles. The lowest BCUT2D eigenvalue weighted by molar-refractivity contribution is 0.0701. The van der Waals surface area contributed by atoms with Crippen LogP contribution in [0.2, 0.25) is 0 Å². The molecular weight excluding hydrogens is 278 g/mol. The van der Waals surface area contributed by atoms with Gasteiger partial charge in [-0.3, -0.25) is 0 Å². The monoisotopic (exact) mass is 295 g/mol. The molecule has 0 aliphatic heterocycles. The van der Waals surface area contributed by atoms with Crippen LogP contribution in [0.15, 0.2) is 0 Å². The summed E-state index contributed by atoms with van der Waals surface area (Å²) in [6, 6.07) is 0. The highest BCUT2D eigenvalue weighted by Crippen LogP contribution is 2.35. The van der Waals surface area contributed by atoms with Gasteiger partial charge in [0, 0.05) is 13.1 Å². The Morgan fingerprint density at radius 1 is 1.35 bits per heavy atom. The van der Waals surface area contributed by atoms with E-state index in [0.29, 0.717) is 40.0 Å². The Kier molecular flexibility index (Phi) is 4.20. The minimum atomic E-state index is -0.945. The van der Waals surface area contributed by atoms with Crippen LogP contribution in [-0.2, 0) is 0 Å². The van der Waals surface area contributed by atoms with Gasteiger partial charge in [0.15, 0.2) is 0 Å². The molecule has 0 saturated carbocycles. The Bertz CT molecular complexity index is 654. The first-order valence-electron chi connectivity index (χ1n) is 6.36. The lowest BCUT2D eigenvalue weighted by Crippen LogP contribution is -2.27. The molecule has 2 rings (SSSR count). The summed E-state index contributed by atoms with van der Waals surface area (Å²) < 4.78 is 0. The highest BCUT2D eigenvalue weighted by atomic mass is 32.1. The molecule has 0 bridgehead atoms. The smallest absolute Gasteiger partial charge is 0.346 e. The molecule has 0 amide bonds. The van der Waals surface area contributed by atoms with Crippen LogP contribution in [0.4, 0.5) is 5.82 Å². The molecule has 2 aromatic rings. The molecule has 0 fully saturated rings. The fourth-order valence-corrected chi connectivity index (χ4v) is 3.25. The lowest BCUT2D eigenvalue weighted by Gasteiger charge is -2.22. The molecule has 0 spiro atoms. The third-order valence-corrected chi connectivity index (χ3v) is 4.30. The molecule has 2 N–H and O–H groups in total. The summed E-state index contributed by atoms with van der Waals surface area (Å²) in [5, 5.41) is 19.2. The SMILES string of the molecule is CCN(CCO)c1nc(C)nc2sc(C(=O)O)c(C)c12. The van der Waals surface area contributed by atoms with Gasteiger partial charge in [0.05, 0.1) is 12.0 Å². The predicted molar refractivity (Wildman–Crippen MR) is 78.8 cm³/mol. The normalized spacial score (nSPS) is 11.0. The molecule has 6 nitrogen and oxygen atoms in total. The number of likely N-dealkylation sites (N-methyl/N-ethyl adjacent to an activating group) is 1. The van der Waals surface area contributed by atoms with Gasteiger partial charge in [-0.25, -0.2) is 14.8 Å². The number of thiophene rings is 1. The first-order valence-corrected chi connectivity index (χ1v) is 7.18. The van der Waals surface area contributed by atoms with Gasteiger partial charge in [-0.15, -0.1) is 11.3 Å². The molecule has 0 aromatic carbocycles. The standard InChI is InChI=1S/C13H17N3O3S/c1-4-16(5-6-17)11-9-7(2)10(13(18)19)20-12(9)15-8(3)14-11/h17H,4-6H2,1-3H3,(H,18,19). The number of aliphatic hydroxyl groups excluding tert-OH is 1. The Hall–Kier alpha value is -1.73. The van der Waals surface area contributed by atoms with E-state index in [-0.39, 0.29) is 6.61 Å². The van der Waals surface area contributed by atoms with Gasteiger partial charge >= 0.3 is 5.97 Å².